The number of benzene rings is 1. The molecule has 1 aromatic heterocycles. The minimum Gasteiger partial charge on any atom is -0.496 e. The zero-order valence-corrected chi connectivity index (χ0v) is 11.5. The monoisotopic (exact) mass is 296 g/mol. The lowest BCUT2D eigenvalue weighted by Crippen LogP contribution is -1.98. The van der Waals surface area contributed by atoms with Crippen LogP contribution < -0.4 is 10.4 Å². The first-order valence-electron chi connectivity index (χ1n) is 5.41. The van der Waals surface area contributed by atoms with Gasteiger partial charge in [0, 0.05) is 21.7 Å². The Bertz CT molecular complexity index is 654. The van der Waals surface area contributed by atoms with Crippen LogP contribution in [0.15, 0.2) is 39.5 Å². The molecule has 0 bridgehead atoms. The Morgan fingerprint density at radius 2 is 1.84 bits per heavy atom. The second-order valence-corrected chi connectivity index (χ2v) is 4.50. The van der Waals surface area contributed by atoms with Crippen LogP contribution in [0, 0.1) is 0 Å². The van der Waals surface area contributed by atoms with Gasteiger partial charge >= 0.3 is 5.63 Å². The smallest absolute Gasteiger partial charge is 0.339 e. The van der Waals surface area contributed by atoms with Gasteiger partial charge in [-0.25, -0.2) is 4.79 Å². The molecule has 0 amide bonds. The molecule has 3 nitrogen and oxygen atoms in total. The zero-order chi connectivity index (χ0) is 13.8. The van der Waals surface area contributed by atoms with Gasteiger partial charge in [-0.2, -0.15) is 0 Å². The summed E-state index contributed by atoms with van der Waals surface area (Å²) in [6, 6.07) is 8.08. The second-order valence-electron chi connectivity index (χ2n) is 3.69. The molecule has 0 spiro atoms. The van der Waals surface area contributed by atoms with Crippen molar-refractivity contribution in [3.63, 3.8) is 0 Å². The van der Waals surface area contributed by atoms with E-state index >= 15 is 0 Å². The SMILES string of the molecule is COc1cc(/C=C/c2c(Cl)cccc2Cl)oc(=O)c1. The van der Waals surface area contributed by atoms with E-state index in [9.17, 15) is 4.79 Å². The van der Waals surface area contributed by atoms with Gasteiger partial charge in [-0.1, -0.05) is 29.3 Å². The maximum Gasteiger partial charge on any atom is 0.339 e. The Morgan fingerprint density at radius 3 is 2.47 bits per heavy atom. The molecule has 0 fully saturated rings. The molecule has 0 radical (unpaired) electrons. The summed E-state index contributed by atoms with van der Waals surface area (Å²) in [5.74, 6) is 0.793. The highest BCUT2D eigenvalue weighted by atomic mass is 35.5. The molecular weight excluding hydrogens is 287 g/mol. The largest absolute Gasteiger partial charge is 0.496 e. The van der Waals surface area contributed by atoms with Crippen molar-refractivity contribution in [1.29, 1.82) is 0 Å². The van der Waals surface area contributed by atoms with Gasteiger partial charge in [0.15, 0.2) is 0 Å². The second kappa shape index (κ2) is 5.95. The van der Waals surface area contributed by atoms with Crippen molar-refractivity contribution in [1.82, 2.24) is 0 Å². The summed E-state index contributed by atoms with van der Waals surface area (Å²) in [5.41, 5.74) is 0.181. The molecule has 2 aromatic rings. The molecule has 0 aliphatic carbocycles. The van der Waals surface area contributed by atoms with E-state index in [0.29, 0.717) is 27.1 Å². The molecule has 98 valence electrons. The quantitative estimate of drug-likeness (QED) is 0.855. The van der Waals surface area contributed by atoms with E-state index in [2.05, 4.69) is 0 Å². The molecule has 2 rings (SSSR count). The van der Waals surface area contributed by atoms with Gasteiger partial charge in [0.05, 0.1) is 13.2 Å². The number of hydrogen-bond acceptors (Lipinski definition) is 3. The van der Waals surface area contributed by atoms with E-state index in [1.165, 1.54) is 13.2 Å². The third kappa shape index (κ3) is 3.40. The summed E-state index contributed by atoms with van der Waals surface area (Å²) in [4.78, 5) is 11.3. The minimum atomic E-state index is -0.482. The third-order valence-electron chi connectivity index (χ3n) is 2.41. The van der Waals surface area contributed by atoms with Gasteiger partial charge < -0.3 is 9.15 Å². The Hall–Kier alpha value is -1.71. The van der Waals surface area contributed by atoms with Crippen molar-refractivity contribution in [2.24, 2.45) is 0 Å². The van der Waals surface area contributed by atoms with Crippen molar-refractivity contribution in [2.75, 3.05) is 7.11 Å². The van der Waals surface area contributed by atoms with Crippen molar-refractivity contribution in [3.05, 3.63) is 62.1 Å². The summed E-state index contributed by atoms with van der Waals surface area (Å²) in [6.45, 7) is 0. The number of ether oxygens (including phenoxy) is 1. The minimum absolute atomic E-state index is 0.361. The molecule has 0 aliphatic rings. The average Bonchev–Trinajstić information content (AvgIpc) is 2.37. The molecule has 5 heteroatoms. The maximum absolute atomic E-state index is 11.3. The first kappa shape index (κ1) is 13.7. The Balaban J connectivity index is 2.38. The molecule has 0 unspecified atom stereocenters. The molecule has 1 aromatic carbocycles. The highest BCUT2D eigenvalue weighted by molar-refractivity contribution is 6.37. The van der Waals surface area contributed by atoms with Crippen LogP contribution in [0.1, 0.15) is 11.3 Å². The first-order valence-corrected chi connectivity index (χ1v) is 6.17. The molecule has 1 heterocycles. The first-order chi connectivity index (χ1) is 9.10. The highest BCUT2D eigenvalue weighted by Gasteiger charge is 2.03. The topological polar surface area (TPSA) is 39.4 Å². The summed E-state index contributed by atoms with van der Waals surface area (Å²) >= 11 is 12.1. The van der Waals surface area contributed by atoms with Crippen LogP contribution >= 0.6 is 23.2 Å². The number of hydrogen-bond donors (Lipinski definition) is 0. The van der Waals surface area contributed by atoms with E-state index < -0.39 is 5.63 Å². The van der Waals surface area contributed by atoms with Gasteiger partial charge in [0.25, 0.3) is 0 Å². The molecule has 0 atom stereocenters. The van der Waals surface area contributed by atoms with E-state index in [-0.39, 0.29) is 0 Å². The van der Waals surface area contributed by atoms with E-state index in [4.69, 9.17) is 32.4 Å². The van der Waals surface area contributed by atoms with Crippen molar-refractivity contribution >= 4 is 35.4 Å². The summed E-state index contributed by atoms with van der Waals surface area (Å²) in [7, 11) is 1.48. The Morgan fingerprint density at radius 1 is 1.16 bits per heavy atom. The van der Waals surface area contributed by atoms with Gasteiger partial charge in [-0.05, 0) is 24.3 Å². The lowest BCUT2D eigenvalue weighted by atomic mass is 10.2. The third-order valence-corrected chi connectivity index (χ3v) is 3.07. The molecule has 19 heavy (non-hydrogen) atoms. The fourth-order valence-electron chi connectivity index (χ4n) is 1.51. The standard InChI is InChI=1S/C14H10Cl2O3/c1-18-10-7-9(19-14(17)8-10)5-6-11-12(15)3-2-4-13(11)16/h2-8H,1H3/b6-5+. The average molecular weight is 297 g/mol. The molecular formula is C14H10Cl2O3. The van der Waals surface area contributed by atoms with E-state index in [1.807, 2.05) is 0 Å². The fourth-order valence-corrected chi connectivity index (χ4v) is 2.03. The zero-order valence-electron chi connectivity index (χ0n) is 10.0. The lowest BCUT2D eigenvalue weighted by Gasteiger charge is -2.01. The normalized spacial score (nSPS) is 10.9. The van der Waals surface area contributed by atoms with E-state index in [0.717, 1.165) is 0 Å². The van der Waals surface area contributed by atoms with Crippen molar-refractivity contribution in [3.8, 4) is 5.75 Å². The number of methoxy groups -OCH3 is 1. The molecule has 0 N–H and O–H groups in total. The number of rotatable bonds is 3. The van der Waals surface area contributed by atoms with Gasteiger partial charge in [0.1, 0.15) is 11.5 Å². The maximum atomic E-state index is 11.3. The fraction of sp³-hybridized carbons (Fsp3) is 0.0714. The summed E-state index contributed by atoms with van der Waals surface area (Å²) in [6.07, 6.45) is 3.29. The molecule has 0 saturated carbocycles. The molecule has 0 saturated heterocycles. The van der Waals surface area contributed by atoms with Crippen LogP contribution in [0.2, 0.25) is 10.0 Å². The Labute approximate surface area is 120 Å². The predicted molar refractivity (Wildman–Crippen MR) is 76.9 cm³/mol. The summed E-state index contributed by atoms with van der Waals surface area (Å²) < 4.78 is 10.0. The van der Waals surface area contributed by atoms with Gasteiger partial charge in [-0.15, -0.1) is 0 Å². The Kier molecular flexibility index (Phi) is 4.30. The van der Waals surface area contributed by atoms with Gasteiger partial charge in [-0.3, -0.25) is 0 Å². The highest BCUT2D eigenvalue weighted by Crippen LogP contribution is 2.26. The van der Waals surface area contributed by atoms with Crippen LogP contribution in [0.4, 0.5) is 0 Å². The van der Waals surface area contributed by atoms with Crippen LogP contribution in [0.3, 0.4) is 0 Å². The lowest BCUT2D eigenvalue weighted by molar-refractivity contribution is 0.400. The predicted octanol–water partition coefficient (Wildman–Crippen LogP) is 4.13. The van der Waals surface area contributed by atoms with Crippen molar-refractivity contribution in [2.45, 2.75) is 0 Å². The summed E-state index contributed by atoms with van der Waals surface area (Å²) in [5, 5.41) is 1.04. The number of halogens is 2. The van der Waals surface area contributed by atoms with Crippen LogP contribution in [0.5, 0.6) is 5.75 Å². The van der Waals surface area contributed by atoms with Gasteiger partial charge in [0.2, 0.25) is 0 Å². The molecule has 0 aliphatic heterocycles. The van der Waals surface area contributed by atoms with Crippen LogP contribution in [0.25, 0.3) is 12.2 Å². The van der Waals surface area contributed by atoms with Crippen molar-refractivity contribution < 1.29 is 9.15 Å². The van der Waals surface area contributed by atoms with Crippen LogP contribution in [-0.2, 0) is 0 Å². The van der Waals surface area contributed by atoms with Crippen LogP contribution in [-0.4, -0.2) is 7.11 Å². The van der Waals surface area contributed by atoms with E-state index in [1.54, 1.807) is 36.4 Å².